The van der Waals surface area contributed by atoms with Crippen molar-refractivity contribution in [3.05, 3.63) is 94.7 Å². The molecule has 0 saturated carbocycles. The van der Waals surface area contributed by atoms with Gasteiger partial charge in [-0.25, -0.2) is 4.98 Å². The van der Waals surface area contributed by atoms with E-state index in [0.29, 0.717) is 24.6 Å². The van der Waals surface area contributed by atoms with Gasteiger partial charge in [0, 0.05) is 31.2 Å². The van der Waals surface area contributed by atoms with Crippen molar-refractivity contribution in [3.8, 4) is 0 Å². The number of aromatic nitrogens is 4. The van der Waals surface area contributed by atoms with Crippen LogP contribution < -0.4 is 10.9 Å². The van der Waals surface area contributed by atoms with Crippen molar-refractivity contribution in [2.75, 3.05) is 5.32 Å². The molecule has 25 heavy (non-hydrogen) atoms. The Morgan fingerprint density at radius 2 is 1.80 bits per heavy atom. The summed E-state index contributed by atoms with van der Waals surface area (Å²) in [6, 6.07) is 17.1. The minimum absolute atomic E-state index is 0.0991. The van der Waals surface area contributed by atoms with E-state index in [2.05, 4.69) is 27.5 Å². The van der Waals surface area contributed by atoms with Crippen LogP contribution in [0.4, 0.5) is 5.82 Å². The van der Waals surface area contributed by atoms with Crippen LogP contribution in [-0.2, 0) is 13.1 Å². The molecule has 0 fully saturated rings. The number of anilines is 1. The van der Waals surface area contributed by atoms with Gasteiger partial charge in [-0.15, -0.1) is 0 Å². The van der Waals surface area contributed by atoms with Gasteiger partial charge in [-0.3, -0.25) is 13.9 Å². The third-order valence-electron chi connectivity index (χ3n) is 4.04. The van der Waals surface area contributed by atoms with E-state index in [1.807, 2.05) is 47.3 Å². The second kappa shape index (κ2) is 6.60. The maximum Gasteiger partial charge on any atom is 0.259 e. The topological polar surface area (TPSA) is 64.2 Å². The Morgan fingerprint density at radius 3 is 2.64 bits per heavy atom. The van der Waals surface area contributed by atoms with Gasteiger partial charge in [0.25, 0.3) is 5.56 Å². The average molecular weight is 331 g/mol. The van der Waals surface area contributed by atoms with E-state index in [9.17, 15) is 4.79 Å². The number of rotatable bonds is 5. The lowest BCUT2D eigenvalue weighted by Gasteiger charge is -2.11. The number of hydrogen-bond acceptors (Lipinski definition) is 4. The first-order chi connectivity index (χ1) is 12.3. The number of hydrogen-bond donors (Lipinski definition) is 1. The summed E-state index contributed by atoms with van der Waals surface area (Å²) in [5, 5.41) is 7.52. The van der Waals surface area contributed by atoms with Gasteiger partial charge in [-0.2, -0.15) is 5.10 Å². The Hall–Kier alpha value is -3.41. The highest BCUT2D eigenvalue weighted by Crippen LogP contribution is 2.13. The summed E-state index contributed by atoms with van der Waals surface area (Å²) in [7, 11) is 0. The Bertz CT molecular complexity index is 1050. The molecule has 1 aromatic carbocycles. The summed E-state index contributed by atoms with van der Waals surface area (Å²) >= 11 is 0. The molecule has 6 nitrogen and oxygen atoms in total. The van der Waals surface area contributed by atoms with Crippen LogP contribution in [0.1, 0.15) is 11.1 Å². The van der Waals surface area contributed by atoms with E-state index in [0.717, 1.165) is 5.56 Å². The first kappa shape index (κ1) is 15.1. The molecule has 3 aromatic heterocycles. The van der Waals surface area contributed by atoms with E-state index in [1.54, 1.807) is 12.4 Å². The molecular formula is C19H17N5O. The molecule has 3 heterocycles. The quantitative estimate of drug-likeness (QED) is 0.610. The van der Waals surface area contributed by atoms with E-state index in [-0.39, 0.29) is 5.56 Å². The molecule has 0 aliphatic rings. The summed E-state index contributed by atoms with van der Waals surface area (Å²) < 4.78 is 3.41. The van der Waals surface area contributed by atoms with Crippen LogP contribution in [-0.4, -0.2) is 19.2 Å². The van der Waals surface area contributed by atoms with Crippen molar-refractivity contribution >= 4 is 11.5 Å². The summed E-state index contributed by atoms with van der Waals surface area (Å²) in [5.74, 6) is 0.574. The van der Waals surface area contributed by atoms with Crippen LogP contribution in [0.25, 0.3) is 5.65 Å². The Kier molecular flexibility index (Phi) is 4.00. The van der Waals surface area contributed by atoms with E-state index in [1.165, 1.54) is 16.0 Å². The van der Waals surface area contributed by atoms with Crippen molar-refractivity contribution in [1.82, 2.24) is 19.2 Å². The number of nitrogens with one attached hydrogen (secondary N) is 1. The first-order valence-electron chi connectivity index (χ1n) is 8.06. The maximum absolute atomic E-state index is 12.2. The molecule has 6 heteroatoms. The Balaban J connectivity index is 1.57. The minimum Gasteiger partial charge on any atom is -0.366 e. The molecule has 0 spiro atoms. The second-order valence-corrected chi connectivity index (χ2v) is 5.73. The molecule has 0 saturated heterocycles. The first-order valence-corrected chi connectivity index (χ1v) is 8.06. The van der Waals surface area contributed by atoms with E-state index < -0.39 is 0 Å². The lowest BCUT2D eigenvalue weighted by molar-refractivity contribution is 0.682. The standard InChI is InChI=1S/C19H17N5O/c25-19-12-17(22-18-8-3-4-11-24(18)19)20-13-15-6-1-2-7-16(15)14-23-10-5-9-21-23/h1-12,20H,13-14H2. The maximum atomic E-state index is 12.2. The van der Waals surface area contributed by atoms with Crippen LogP contribution in [0.3, 0.4) is 0 Å². The summed E-state index contributed by atoms with van der Waals surface area (Å²) in [5.41, 5.74) is 2.85. The monoisotopic (exact) mass is 331 g/mol. The number of pyridine rings is 1. The highest BCUT2D eigenvalue weighted by atomic mass is 16.1. The Labute approximate surface area is 144 Å². The molecule has 124 valence electrons. The second-order valence-electron chi connectivity index (χ2n) is 5.73. The molecule has 0 aliphatic carbocycles. The highest BCUT2D eigenvalue weighted by Gasteiger charge is 2.05. The lowest BCUT2D eigenvalue weighted by atomic mass is 10.1. The van der Waals surface area contributed by atoms with Crippen molar-refractivity contribution in [2.45, 2.75) is 13.1 Å². The molecule has 0 radical (unpaired) electrons. The molecule has 0 amide bonds. The molecule has 0 atom stereocenters. The van der Waals surface area contributed by atoms with Crippen LogP contribution in [0.15, 0.2) is 78.0 Å². The van der Waals surface area contributed by atoms with Crippen molar-refractivity contribution in [3.63, 3.8) is 0 Å². The third kappa shape index (κ3) is 3.28. The number of fused-ring (bicyclic) bond motifs is 1. The SMILES string of the molecule is O=c1cc(NCc2ccccc2Cn2cccn2)nc2ccccn12. The van der Waals surface area contributed by atoms with Gasteiger partial charge in [0.05, 0.1) is 6.54 Å². The van der Waals surface area contributed by atoms with Gasteiger partial charge in [-0.05, 0) is 29.3 Å². The summed E-state index contributed by atoms with van der Waals surface area (Å²) in [6.45, 7) is 1.30. The lowest BCUT2D eigenvalue weighted by Crippen LogP contribution is -2.16. The predicted octanol–water partition coefficient (Wildman–Crippen LogP) is 2.55. The van der Waals surface area contributed by atoms with Crippen LogP contribution >= 0.6 is 0 Å². The Morgan fingerprint density at radius 1 is 0.960 bits per heavy atom. The van der Waals surface area contributed by atoms with Gasteiger partial charge in [0.2, 0.25) is 0 Å². The normalized spacial score (nSPS) is 10.9. The van der Waals surface area contributed by atoms with Crippen LogP contribution in [0.5, 0.6) is 0 Å². The van der Waals surface area contributed by atoms with Crippen LogP contribution in [0.2, 0.25) is 0 Å². The molecule has 4 rings (SSSR count). The molecule has 0 bridgehead atoms. The number of benzene rings is 1. The zero-order valence-electron chi connectivity index (χ0n) is 13.5. The zero-order chi connectivity index (χ0) is 17.1. The van der Waals surface area contributed by atoms with Crippen LogP contribution in [0, 0.1) is 0 Å². The fraction of sp³-hybridized carbons (Fsp3) is 0.105. The fourth-order valence-corrected chi connectivity index (χ4v) is 2.78. The molecular weight excluding hydrogens is 314 g/mol. The largest absolute Gasteiger partial charge is 0.366 e. The van der Waals surface area contributed by atoms with E-state index >= 15 is 0 Å². The molecule has 0 aliphatic heterocycles. The minimum atomic E-state index is -0.0991. The molecule has 4 aromatic rings. The van der Waals surface area contributed by atoms with Gasteiger partial charge >= 0.3 is 0 Å². The summed E-state index contributed by atoms with van der Waals surface area (Å²) in [4.78, 5) is 16.7. The van der Waals surface area contributed by atoms with Crippen molar-refractivity contribution in [2.24, 2.45) is 0 Å². The van der Waals surface area contributed by atoms with E-state index in [4.69, 9.17) is 0 Å². The molecule has 1 N–H and O–H groups in total. The average Bonchev–Trinajstić information content (AvgIpc) is 3.14. The fourth-order valence-electron chi connectivity index (χ4n) is 2.78. The zero-order valence-corrected chi connectivity index (χ0v) is 13.5. The predicted molar refractivity (Wildman–Crippen MR) is 96.6 cm³/mol. The van der Waals surface area contributed by atoms with Crippen molar-refractivity contribution in [1.29, 1.82) is 0 Å². The van der Waals surface area contributed by atoms with Gasteiger partial charge < -0.3 is 5.32 Å². The van der Waals surface area contributed by atoms with Crippen molar-refractivity contribution < 1.29 is 0 Å². The molecule has 0 unspecified atom stereocenters. The highest BCUT2D eigenvalue weighted by molar-refractivity contribution is 5.46. The van der Waals surface area contributed by atoms with Gasteiger partial charge in [0.1, 0.15) is 11.5 Å². The number of nitrogens with zero attached hydrogens (tertiary/aromatic N) is 4. The summed E-state index contributed by atoms with van der Waals surface area (Å²) in [6.07, 6.45) is 5.43. The van der Waals surface area contributed by atoms with Gasteiger partial charge in [0.15, 0.2) is 0 Å². The third-order valence-corrected chi connectivity index (χ3v) is 4.04. The van der Waals surface area contributed by atoms with Gasteiger partial charge in [-0.1, -0.05) is 30.3 Å². The smallest absolute Gasteiger partial charge is 0.259 e.